The molecule has 2 aromatic rings. The maximum absolute atomic E-state index is 12.2. The highest BCUT2D eigenvalue weighted by Gasteiger charge is 2.22. The third-order valence-electron chi connectivity index (χ3n) is 3.13. The van der Waals surface area contributed by atoms with E-state index in [0.29, 0.717) is 11.4 Å². The fraction of sp³-hybridized carbons (Fsp3) is 0.176. The van der Waals surface area contributed by atoms with E-state index in [0.717, 1.165) is 0 Å². The van der Waals surface area contributed by atoms with Crippen molar-refractivity contribution in [2.24, 2.45) is 0 Å². The Morgan fingerprint density at radius 2 is 1.58 bits per heavy atom. The topological polar surface area (TPSA) is 97.4 Å². The summed E-state index contributed by atoms with van der Waals surface area (Å²) in [4.78, 5) is 39.0. The second-order valence-corrected chi connectivity index (χ2v) is 6.05. The van der Waals surface area contributed by atoms with Crippen LogP contribution in [0.3, 0.4) is 0 Å². The summed E-state index contributed by atoms with van der Waals surface area (Å²) in [5, 5.41) is 5.36. The number of rotatable bonds is 5. The van der Waals surface area contributed by atoms with Crippen LogP contribution in [0.25, 0.3) is 0 Å². The standard InChI is InChI=1S/C17H15Cl2N3O4/c1-9(26-17(25)15-13(18)7-8-14(19)22-15)16(24)21-12-5-3-11(4-6-12)20-10(2)23/h3-9H,1-2H3,(H,20,23)(H,21,24)/t9-/m1/s1. The molecule has 9 heteroatoms. The molecule has 2 rings (SSSR count). The molecule has 2 N–H and O–H groups in total. The molecule has 1 heterocycles. The molecule has 0 saturated heterocycles. The Hall–Kier alpha value is -2.64. The zero-order valence-electron chi connectivity index (χ0n) is 13.9. The molecule has 0 aliphatic carbocycles. The molecule has 136 valence electrons. The third kappa shape index (κ3) is 5.44. The monoisotopic (exact) mass is 395 g/mol. The van der Waals surface area contributed by atoms with Gasteiger partial charge in [-0.25, -0.2) is 9.78 Å². The summed E-state index contributed by atoms with van der Waals surface area (Å²) in [6.45, 7) is 2.81. The first-order valence-corrected chi connectivity index (χ1v) is 8.23. The van der Waals surface area contributed by atoms with Gasteiger partial charge in [0.05, 0.1) is 5.02 Å². The highest BCUT2D eigenvalue weighted by atomic mass is 35.5. The Morgan fingerprint density at radius 1 is 1.00 bits per heavy atom. The van der Waals surface area contributed by atoms with Crippen LogP contribution in [0.5, 0.6) is 0 Å². The molecule has 0 aliphatic rings. The number of aromatic nitrogens is 1. The Kier molecular flexibility index (Phi) is 6.54. The van der Waals surface area contributed by atoms with E-state index in [1.54, 1.807) is 24.3 Å². The first-order chi connectivity index (χ1) is 12.3. The van der Waals surface area contributed by atoms with Gasteiger partial charge < -0.3 is 15.4 Å². The lowest BCUT2D eigenvalue weighted by Crippen LogP contribution is -2.30. The number of benzene rings is 1. The van der Waals surface area contributed by atoms with Gasteiger partial charge in [0.25, 0.3) is 5.91 Å². The molecule has 0 unspecified atom stereocenters. The van der Waals surface area contributed by atoms with Crippen molar-refractivity contribution in [3.05, 3.63) is 52.3 Å². The number of anilines is 2. The van der Waals surface area contributed by atoms with E-state index in [1.807, 2.05) is 0 Å². The van der Waals surface area contributed by atoms with Crippen molar-refractivity contribution in [1.29, 1.82) is 0 Å². The molecule has 0 radical (unpaired) electrons. The molecule has 1 aromatic carbocycles. The van der Waals surface area contributed by atoms with Crippen LogP contribution < -0.4 is 10.6 Å². The Morgan fingerprint density at radius 3 is 2.15 bits per heavy atom. The smallest absolute Gasteiger partial charge is 0.359 e. The predicted octanol–water partition coefficient (Wildman–Crippen LogP) is 3.53. The van der Waals surface area contributed by atoms with Gasteiger partial charge in [-0.3, -0.25) is 9.59 Å². The van der Waals surface area contributed by atoms with Crippen LogP contribution in [0.4, 0.5) is 11.4 Å². The molecule has 0 bridgehead atoms. The van der Waals surface area contributed by atoms with E-state index in [9.17, 15) is 14.4 Å². The summed E-state index contributed by atoms with van der Waals surface area (Å²) < 4.78 is 5.07. The average molecular weight is 396 g/mol. The minimum atomic E-state index is -1.09. The summed E-state index contributed by atoms with van der Waals surface area (Å²) in [5.41, 5.74) is 0.904. The number of carbonyl (C=O) groups is 3. The highest BCUT2D eigenvalue weighted by molar-refractivity contribution is 6.34. The Bertz CT molecular complexity index is 840. The van der Waals surface area contributed by atoms with Crippen molar-refractivity contribution in [2.75, 3.05) is 10.6 Å². The highest BCUT2D eigenvalue weighted by Crippen LogP contribution is 2.19. The van der Waals surface area contributed by atoms with Crippen LogP contribution in [0.1, 0.15) is 24.3 Å². The quantitative estimate of drug-likeness (QED) is 0.595. The zero-order chi connectivity index (χ0) is 19.3. The number of ether oxygens (including phenoxy) is 1. The minimum Gasteiger partial charge on any atom is -0.448 e. The van der Waals surface area contributed by atoms with E-state index in [2.05, 4.69) is 15.6 Å². The number of nitrogens with one attached hydrogen (secondary N) is 2. The average Bonchev–Trinajstić information content (AvgIpc) is 2.58. The Labute approximate surface area is 159 Å². The molecule has 0 fully saturated rings. The molecular formula is C17H15Cl2N3O4. The van der Waals surface area contributed by atoms with Crippen molar-refractivity contribution in [3.8, 4) is 0 Å². The Balaban J connectivity index is 1.97. The first-order valence-electron chi connectivity index (χ1n) is 7.48. The molecule has 0 saturated carbocycles. The molecule has 0 aliphatic heterocycles. The van der Waals surface area contributed by atoms with E-state index in [1.165, 1.54) is 26.0 Å². The van der Waals surface area contributed by atoms with Crippen LogP contribution in [-0.2, 0) is 14.3 Å². The summed E-state index contributed by atoms with van der Waals surface area (Å²) in [5.74, 6) is -1.60. The minimum absolute atomic E-state index is 0.0700. The van der Waals surface area contributed by atoms with Gasteiger partial charge in [-0.2, -0.15) is 0 Å². The second-order valence-electron chi connectivity index (χ2n) is 5.26. The number of carbonyl (C=O) groups excluding carboxylic acids is 3. The SMILES string of the molecule is CC(=O)Nc1ccc(NC(=O)[C@@H](C)OC(=O)c2nc(Cl)ccc2Cl)cc1. The van der Waals surface area contributed by atoms with Gasteiger partial charge in [0.2, 0.25) is 5.91 Å². The summed E-state index contributed by atoms with van der Waals surface area (Å²) in [6.07, 6.45) is -1.09. The van der Waals surface area contributed by atoms with Crippen LogP contribution in [-0.4, -0.2) is 28.9 Å². The van der Waals surface area contributed by atoms with Crippen LogP contribution >= 0.6 is 23.2 Å². The lowest BCUT2D eigenvalue weighted by molar-refractivity contribution is -0.123. The second kappa shape index (κ2) is 8.64. The van der Waals surface area contributed by atoms with Crippen molar-refractivity contribution in [1.82, 2.24) is 4.98 Å². The molecule has 1 aromatic heterocycles. The van der Waals surface area contributed by atoms with Crippen molar-refractivity contribution in [2.45, 2.75) is 20.0 Å². The number of halogens is 2. The lowest BCUT2D eigenvalue weighted by atomic mass is 10.2. The summed E-state index contributed by atoms with van der Waals surface area (Å²) >= 11 is 11.6. The lowest BCUT2D eigenvalue weighted by Gasteiger charge is -2.14. The normalized spacial score (nSPS) is 11.4. The van der Waals surface area contributed by atoms with Gasteiger partial charge in [0.1, 0.15) is 5.15 Å². The first kappa shape index (κ1) is 19.7. The number of esters is 1. The number of pyridine rings is 1. The maximum Gasteiger partial charge on any atom is 0.359 e. The number of hydrogen-bond acceptors (Lipinski definition) is 5. The largest absolute Gasteiger partial charge is 0.448 e. The van der Waals surface area contributed by atoms with Gasteiger partial charge in [-0.1, -0.05) is 23.2 Å². The van der Waals surface area contributed by atoms with Gasteiger partial charge >= 0.3 is 5.97 Å². The van der Waals surface area contributed by atoms with Crippen molar-refractivity contribution in [3.63, 3.8) is 0 Å². The number of nitrogens with zero attached hydrogens (tertiary/aromatic N) is 1. The molecule has 2 amide bonds. The van der Waals surface area contributed by atoms with Gasteiger partial charge in [-0.15, -0.1) is 0 Å². The zero-order valence-corrected chi connectivity index (χ0v) is 15.4. The fourth-order valence-electron chi connectivity index (χ4n) is 1.92. The summed E-state index contributed by atoms with van der Waals surface area (Å²) in [6, 6.07) is 9.31. The summed E-state index contributed by atoms with van der Waals surface area (Å²) in [7, 11) is 0. The predicted molar refractivity (Wildman–Crippen MR) is 98.5 cm³/mol. The van der Waals surface area contributed by atoms with Gasteiger partial charge in [0.15, 0.2) is 11.8 Å². The van der Waals surface area contributed by atoms with Gasteiger partial charge in [-0.05, 0) is 43.3 Å². The van der Waals surface area contributed by atoms with Crippen LogP contribution in [0.15, 0.2) is 36.4 Å². The molecule has 26 heavy (non-hydrogen) atoms. The molecule has 0 spiro atoms. The molecule has 7 nitrogen and oxygen atoms in total. The molecular weight excluding hydrogens is 381 g/mol. The van der Waals surface area contributed by atoms with E-state index in [4.69, 9.17) is 27.9 Å². The van der Waals surface area contributed by atoms with Crippen LogP contribution in [0, 0.1) is 0 Å². The fourth-order valence-corrected chi connectivity index (χ4v) is 2.25. The van der Waals surface area contributed by atoms with E-state index >= 15 is 0 Å². The molecule has 1 atom stereocenters. The van der Waals surface area contributed by atoms with Crippen LogP contribution in [0.2, 0.25) is 10.2 Å². The van der Waals surface area contributed by atoms with Crippen molar-refractivity contribution < 1.29 is 19.1 Å². The number of hydrogen-bond donors (Lipinski definition) is 2. The third-order valence-corrected chi connectivity index (χ3v) is 3.65. The maximum atomic E-state index is 12.2. The van der Waals surface area contributed by atoms with Gasteiger partial charge in [0, 0.05) is 18.3 Å². The van der Waals surface area contributed by atoms with Crippen molar-refractivity contribution >= 4 is 52.4 Å². The number of amides is 2. The van der Waals surface area contributed by atoms with E-state index in [-0.39, 0.29) is 21.8 Å². The van der Waals surface area contributed by atoms with E-state index < -0.39 is 18.0 Å².